The van der Waals surface area contributed by atoms with Gasteiger partial charge in [-0.1, -0.05) is 37.3 Å². The standard InChI is InChI=1S/C17H26N4/c1-14-11-20(13-16-6-4-3-5-7-16)8-9-21(12-14)17-18-10-15(2)19-17/h3-7,14-15H,8-13H2,1-2H3,(H,18,19). The number of hydrogen-bond donors (Lipinski definition) is 1. The van der Waals surface area contributed by atoms with Crippen LogP contribution in [0, 0.1) is 5.92 Å². The molecule has 114 valence electrons. The number of hydrogen-bond acceptors (Lipinski definition) is 4. The van der Waals surface area contributed by atoms with Gasteiger partial charge in [0, 0.05) is 38.8 Å². The maximum absolute atomic E-state index is 4.64. The topological polar surface area (TPSA) is 30.9 Å². The van der Waals surface area contributed by atoms with Crippen molar-refractivity contribution in [3.05, 3.63) is 35.9 Å². The fraction of sp³-hybridized carbons (Fsp3) is 0.588. The summed E-state index contributed by atoms with van der Waals surface area (Å²) < 4.78 is 0. The zero-order valence-electron chi connectivity index (χ0n) is 13.1. The summed E-state index contributed by atoms with van der Waals surface area (Å²) in [4.78, 5) is 9.64. The quantitative estimate of drug-likeness (QED) is 0.899. The monoisotopic (exact) mass is 286 g/mol. The molecule has 2 aliphatic rings. The van der Waals surface area contributed by atoms with Crippen molar-refractivity contribution < 1.29 is 0 Å². The smallest absolute Gasteiger partial charge is 0.194 e. The average molecular weight is 286 g/mol. The predicted octanol–water partition coefficient (Wildman–Crippen LogP) is 1.79. The van der Waals surface area contributed by atoms with Crippen molar-refractivity contribution in [2.24, 2.45) is 10.9 Å². The third-order valence-corrected chi connectivity index (χ3v) is 4.23. The van der Waals surface area contributed by atoms with Crippen LogP contribution in [0.25, 0.3) is 0 Å². The van der Waals surface area contributed by atoms with Gasteiger partial charge in [-0.05, 0) is 18.4 Å². The van der Waals surface area contributed by atoms with Crippen LogP contribution in [-0.2, 0) is 6.54 Å². The molecule has 1 aromatic rings. The first-order valence-electron chi connectivity index (χ1n) is 8.03. The van der Waals surface area contributed by atoms with Gasteiger partial charge in [0.2, 0.25) is 0 Å². The molecule has 2 atom stereocenters. The molecule has 0 amide bonds. The zero-order chi connectivity index (χ0) is 14.7. The minimum atomic E-state index is 0.485. The van der Waals surface area contributed by atoms with Crippen LogP contribution in [0.1, 0.15) is 19.4 Å². The SMILES string of the molecule is CC1CN(Cc2ccccc2)CCN(C2=NCC(C)N2)C1. The second-order valence-electron chi connectivity index (χ2n) is 6.48. The minimum absolute atomic E-state index is 0.485. The minimum Gasteiger partial charge on any atom is -0.352 e. The van der Waals surface area contributed by atoms with Crippen LogP contribution in [0.5, 0.6) is 0 Å². The number of guanidine groups is 1. The van der Waals surface area contributed by atoms with Crippen LogP contribution >= 0.6 is 0 Å². The van der Waals surface area contributed by atoms with E-state index >= 15 is 0 Å². The van der Waals surface area contributed by atoms with E-state index in [1.165, 1.54) is 5.56 Å². The van der Waals surface area contributed by atoms with E-state index in [9.17, 15) is 0 Å². The second-order valence-corrected chi connectivity index (χ2v) is 6.48. The molecule has 2 unspecified atom stereocenters. The Kier molecular flexibility index (Phi) is 4.44. The number of aliphatic imine (C=N–C) groups is 1. The van der Waals surface area contributed by atoms with E-state index in [1.54, 1.807) is 0 Å². The highest BCUT2D eigenvalue weighted by atomic mass is 15.4. The molecule has 1 aromatic carbocycles. The highest BCUT2D eigenvalue weighted by molar-refractivity contribution is 5.82. The molecule has 2 aliphatic heterocycles. The van der Waals surface area contributed by atoms with E-state index in [0.29, 0.717) is 12.0 Å². The van der Waals surface area contributed by atoms with Crippen molar-refractivity contribution in [1.82, 2.24) is 15.1 Å². The van der Waals surface area contributed by atoms with Gasteiger partial charge in [-0.15, -0.1) is 0 Å². The van der Waals surface area contributed by atoms with E-state index in [2.05, 4.69) is 64.3 Å². The third kappa shape index (κ3) is 3.76. The molecular weight excluding hydrogens is 260 g/mol. The molecular formula is C17H26N4. The van der Waals surface area contributed by atoms with Crippen molar-refractivity contribution in [2.75, 3.05) is 32.7 Å². The lowest BCUT2D eigenvalue weighted by molar-refractivity contribution is 0.256. The summed E-state index contributed by atoms with van der Waals surface area (Å²) in [5.41, 5.74) is 1.41. The Morgan fingerprint density at radius 3 is 2.67 bits per heavy atom. The molecule has 4 nitrogen and oxygen atoms in total. The Labute approximate surface area is 127 Å². The van der Waals surface area contributed by atoms with E-state index in [1.807, 2.05) is 0 Å². The molecule has 0 spiro atoms. The summed E-state index contributed by atoms with van der Waals surface area (Å²) in [6.45, 7) is 10.9. The van der Waals surface area contributed by atoms with Gasteiger partial charge in [-0.25, -0.2) is 0 Å². The van der Waals surface area contributed by atoms with Crippen LogP contribution in [0.3, 0.4) is 0 Å². The van der Waals surface area contributed by atoms with Crippen molar-refractivity contribution in [3.63, 3.8) is 0 Å². The number of nitrogens with zero attached hydrogens (tertiary/aromatic N) is 3. The maximum Gasteiger partial charge on any atom is 0.194 e. The van der Waals surface area contributed by atoms with E-state index in [-0.39, 0.29) is 0 Å². The van der Waals surface area contributed by atoms with Crippen LogP contribution in [0.2, 0.25) is 0 Å². The molecule has 2 heterocycles. The summed E-state index contributed by atoms with van der Waals surface area (Å²) in [6.07, 6.45) is 0. The Bertz CT molecular complexity index is 485. The van der Waals surface area contributed by atoms with Gasteiger partial charge in [0.25, 0.3) is 0 Å². The van der Waals surface area contributed by atoms with Crippen molar-refractivity contribution >= 4 is 5.96 Å². The van der Waals surface area contributed by atoms with Crippen LogP contribution in [0.15, 0.2) is 35.3 Å². The fourth-order valence-corrected chi connectivity index (χ4v) is 3.22. The van der Waals surface area contributed by atoms with Crippen molar-refractivity contribution in [3.8, 4) is 0 Å². The number of rotatable bonds is 2. The summed E-state index contributed by atoms with van der Waals surface area (Å²) >= 11 is 0. The van der Waals surface area contributed by atoms with E-state index in [4.69, 9.17) is 0 Å². The van der Waals surface area contributed by atoms with Gasteiger partial charge >= 0.3 is 0 Å². The Balaban J connectivity index is 1.60. The van der Waals surface area contributed by atoms with E-state index in [0.717, 1.165) is 45.2 Å². The Hall–Kier alpha value is -1.55. The maximum atomic E-state index is 4.64. The molecule has 1 N–H and O–H groups in total. The number of benzene rings is 1. The molecule has 1 fully saturated rings. The lowest BCUT2D eigenvalue weighted by atomic mass is 10.1. The Morgan fingerprint density at radius 1 is 1.14 bits per heavy atom. The van der Waals surface area contributed by atoms with Gasteiger partial charge in [0.15, 0.2) is 5.96 Å². The molecule has 0 saturated carbocycles. The molecule has 0 aromatic heterocycles. The summed E-state index contributed by atoms with van der Waals surface area (Å²) in [5, 5.41) is 3.49. The number of nitrogens with one attached hydrogen (secondary N) is 1. The van der Waals surface area contributed by atoms with Gasteiger partial charge < -0.3 is 10.2 Å². The largest absolute Gasteiger partial charge is 0.352 e. The van der Waals surface area contributed by atoms with Crippen LogP contribution in [0.4, 0.5) is 0 Å². The van der Waals surface area contributed by atoms with Crippen molar-refractivity contribution in [2.45, 2.75) is 26.4 Å². The highest BCUT2D eigenvalue weighted by Crippen LogP contribution is 2.14. The highest BCUT2D eigenvalue weighted by Gasteiger charge is 2.25. The van der Waals surface area contributed by atoms with Crippen LogP contribution in [-0.4, -0.2) is 54.5 Å². The molecule has 0 radical (unpaired) electrons. The van der Waals surface area contributed by atoms with Gasteiger partial charge in [0.05, 0.1) is 6.54 Å². The van der Waals surface area contributed by atoms with Gasteiger partial charge in [-0.2, -0.15) is 0 Å². The molecule has 0 aliphatic carbocycles. The summed E-state index contributed by atoms with van der Waals surface area (Å²) in [5.74, 6) is 1.77. The average Bonchev–Trinajstić information content (AvgIpc) is 2.82. The van der Waals surface area contributed by atoms with Crippen LogP contribution < -0.4 is 5.32 Å². The summed E-state index contributed by atoms with van der Waals surface area (Å²) in [6, 6.07) is 11.3. The first kappa shape index (κ1) is 14.4. The van der Waals surface area contributed by atoms with Crippen molar-refractivity contribution in [1.29, 1.82) is 0 Å². The van der Waals surface area contributed by atoms with Gasteiger partial charge in [-0.3, -0.25) is 9.89 Å². The fourth-order valence-electron chi connectivity index (χ4n) is 3.22. The Morgan fingerprint density at radius 2 is 1.95 bits per heavy atom. The normalized spacial score (nSPS) is 27.1. The summed E-state index contributed by atoms with van der Waals surface area (Å²) in [7, 11) is 0. The molecule has 4 heteroatoms. The molecule has 1 saturated heterocycles. The third-order valence-electron chi connectivity index (χ3n) is 4.23. The lowest BCUT2D eigenvalue weighted by Gasteiger charge is -2.24. The molecule has 21 heavy (non-hydrogen) atoms. The lowest BCUT2D eigenvalue weighted by Crippen LogP contribution is -2.43. The first-order chi connectivity index (χ1) is 10.2. The second kappa shape index (κ2) is 6.48. The zero-order valence-corrected chi connectivity index (χ0v) is 13.1. The first-order valence-corrected chi connectivity index (χ1v) is 8.03. The van der Waals surface area contributed by atoms with Gasteiger partial charge in [0.1, 0.15) is 0 Å². The molecule has 3 rings (SSSR count). The molecule has 0 bridgehead atoms. The van der Waals surface area contributed by atoms with E-state index < -0.39 is 0 Å². The predicted molar refractivity (Wildman–Crippen MR) is 87.4 cm³/mol.